The minimum absolute atomic E-state index is 0.0279. The van der Waals surface area contributed by atoms with Crippen molar-refractivity contribution in [1.82, 2.24) is 4.90 Å². The Morgan fingerprint density at radius 1 is 1.50 bits per heavy atom. The second-order valence-electron chi connectivity index (χ2n) is 4.55. The lowest BCUT2D eigenvalue weighted by atomic mass is 10.3. The van der Waals surface area contributed by atoms with E-state index in [0.717, 1.165) is 12.8 Å². The van der Waals surface area contributed by atoms with E-state index in [1.54, 1.807) is 11.9 Å². The molecule has 0 N–H and O–H groups in total. The van der Waals surface area contributed by atoms with Gasteiger partial charge >= 0.3 is 0 Å². The molecular weight excluding hydrogens is 370 g/mol. The molecule has 20 heavy (non-hydrogen) atoms. The number of benzene rings is 1. The number of carbonyl (C=O) groups is 1. The van der Waals surface area contributed by atoms with Crippen LogP contribution in [0.15, 0.2) is 27.6 Å². The Morgan fingerprint density at radius 2 is 2.15 bits per heavy atom. The van der Waals surface area contributed by atoms with Gasteiger partial charge in [-0.1, -0.05) is 0 Å². The van der Waals surface area contributed by atoms with Crippen LogP contribution in [-0.2, 0) is 13.8 Å². The predicted octanol–water partition coefficient (Wildman–Crippen LogP) is 2.38. The molecule has 5 nitrogen and oxygen atoms in total. The fourth-order valence-corrected chi connectivity index (χ4v) is 3.08. The fraction of sp³-hybridized carbons (Fsp3) is 0.417. The van der Waals surface area contributed by atoms with Gasteiger partial charge in [-0.25, -0.2) is 8.42 Å². The van der Waals surface area contributed by atoms with Crippen LogP contribution in [0.1, 0.15) is 12.8 Å². The summed E-state index contributed by atoms with van der Waals surface area (Å²) in [4.78, 5) is 13.4. The summed E-state index contributed by atoms with van der Waals surface area (Å²) >= 11 is 3.20. The largest absolute Gasteiger partial charge is 0.483 e. The molecule has 0 aromatic heterocycles. The lowest BCUT2D eigenvalue weighted by Crippen LogP contribution is -2.33. The number of nitrogens with zero attached hydrogens (tertiary/aromatic N) is 1. The molecule has 0 spiro atoms. The molecule has 1 aliphatic rings. The van der Waals surface area contributed by atoms with Gasteiger partial charge in [0.1, 0.15) is 5.75 Å². The Balaban J connectivity index is 2.01. The number of carbonyl (C=O) groups excluding carboxylic acids is 1. The Bertz CT molecular complexity index is 630. The van der Waals surface area contributed by atoms with E-state index in [1.807, 2.05) is 0 Å². The van der Waals surface area contributed by atoms with E-state index in [-0.39, 0.29) is 17.4 Å². The Kier molecular flexibility index (Phi) is 4.61. The number of rotatable bonds is 5. The Hall–Kier alpha value is -0.790. The van der Waals surface area contributed by atoms with Crippen molar-refractivity contribution in [3.8, 4) is 5.75 Å². The summed E-state index contributed by atoms with van der Waals surface area (Å²) < 4.78 is 28.2. The first-order valence-electron chi connectivity index (χ1n) is 5.91. The molecule has 110 valence electrons. The molecule has 0 saturated heterocycles. The van der Waals surface area contributed by atoms with E-state index >= 15 is 0 Å². The zero-order valence-electron chi connectivity index (χ0n) is 10.7. The zero-order chi connectivity index (χ0) is 14.9. The molecule has 0 radical (unpaired) electrons. The third-order valence-corrected chi connectivity index (χ3v) is 5.00. The Morgan fingerprint density at radius 3 is 2.65 bits per heavy atom. The van der Waals surface area contributed by atoms with Gasteiger partial charge in [0.05, 0.1) is 9.37 Å². The predicted molar refractivity (Wildman–Crippen MR) is 78.5 cm³/mol. The van der Waals surface area contributed by atoms with Gasteiger partial charge in [-0.2, -0.15) is 0 Å². The molecule has 0 atom stereocenters. The van der Waals surface area contributed by atoms with Crippen LogP contribution in [0.3, 0.4) is 0 Å². The van der Waals surface area contributed by atoms with Gasteiger partial charge in [-0.05, 0) is 47.0 Å². The molecule has 0 heterocycles. The second-order valence-corrected chi connectivity index (χ2v) is 7.97. The minimum atomic E-state index is -3.78. The van der Waals surface area contributed by atoms with Crippen molar-refractivity contribution in [2.45, 2.75) is 23.8 Å². The molecule has 1 fully saturated rings. The summed E-state index contributed by atoms with van der Waals surface area (Å²) in [5.41, 5.74) is 0. The van der Waals surface area contributed by atoms with Crippen molar-refractivity contribution in [2.75, 3.05) is 13.7 Å². The van der Waals surface area contributed by atoms with Crippen LogP contribution >= 0.6 is 26.6 Å². The van der Waals surface area contributed by atoms with Crippen LogP contribution in [0.5, 0.6) is 5.75 Å². The minimum Gasteiger partial charge on any atom is -0.483 e. The van der Waals surface area contributed by atoms with Gasteiger partial charge < -0.3 is 9.64 Å². The molecule has 1 saturated carbocycles. The first-order valence-corrected chi connectivity index (χ1v) is 9.02. The number of ether oxygens (including phenoxy) is 1. The molecule has 1 amide bonds. The number of halogens is 2. The maximum atomic E-state index is 11.8. The third kappa shape index (κ3) is 3.86. The summed E-state index contributed by atoms with van der Waals surface area (Å²) in [6.45, 7) is -0.0848. The fourth-order valence-electron chi connectivity index (χ4n) is 1.66. The lowest BCUT2D eigenvalue weighted by Gasteiger charge is -2.17. The summed E-state index contributed by atoms with van der Waals surface area (Å²) in [5.74, 6) is 0.292. The lowest BCUT2D eigenvalue weighted by molar-refractivity contribution is -0.132. The molecule has 8 heteroatoms. The molecule has 1 aromatic rings. The summed E-state index contributed by atoms with van der Waals surface area (Å²) in [6, 6.07) is 4.46. The highest BCUT2D eigenvalue weighted by Gasteiger charge is 2.29. The molecule has 1 aromatic carbocycles. The van der Waals surface area contributed by atoms with E-state index in [9.17, 15) is 13.2 Å². The number of hydrogen-bond donors (Lipinski definition) is 0. The first kappa shape index (κ1) is 15.6. The maximum absolute atomic E-state index is 11.8. The van der Waals surface area contributed by atoms with Gasteiger partial charge in [-0.3, -0.25) is 4.79 Å². The van der Waals surface area contributed by atoms with Crippen molar-refractivity contribution in [3.63, 3.8) is 0 Å². The van der Waals surface area contributed by atoms with E-state index in [1.165, 1.54) is 18.2 Å². The van der Waals surface area contributed by atoms with Gasteiger partial charge in [0.25, 0.3) is 15.0 Å². The summed E-state index contributed by atoms with van der Waals surface area (Å²) in [5, 5.41) is 0. The molecule has 1 aliphatic carbocycles. The quantitative estimate of drug-likeness (QED) is 0.734. The Labute approximate surface area is 130 Å². The van der Waals surface area contributed by atoms with E-state index in [2.05, 4.69) is 15.9 Å². The average Bonchev–Trinajstić information content (AvgIpc) is 3.19. The number of likely N-dealkylation sites (N-methyl/N-ethyl adjacent to an activating group) is 1. The van der Waals surface area contributed by atoms with Gasteiger partial charge in [0.2, 0.25) is 0 Å². The van der Waals surface area contributed by atoms with Crippen molar-refractivity contribution in [2.24, 2.45) is 0 Å². The zero-order valence-corrected chi connectivity index (χ0v) is 13.8. The molecule has 0 unspecified atom stereocenters. The van der Waals surface area contributed by atoms with Crippen molar-refractivity contribution in [1.29, 1.82) is 0 Å². The van der Waals surface area contributed by atoms with Crippen LogP contribution in [0.25, 0.3) is 0 Å². The smallest absolute Gasteiger partial charge is 0.261 e. The van der Waals surface area contributed by atoms with Crippen molar-refractivity contribution >= 4 is 41.6 Å². The number of amides is 1. The average molecular weight is 383 g/mol. The van der Waals surface area contributed by atoms with Gasteiger partial charge in [-0.15, -0.1) is 0 Å². The summed E-state index contributed by atoms with van der Waals surface area (Å²) in [7, 11) is 3.22. The summed E-state index contributed by atoms with van der Waals surface area (Å²) in [6.07, 6.45) is 2.07. The molecular formula is C12H13BrClNO4S. The highest BCUT2D eigenvalue weighted by atomic mass is 79.9. The SMILES string of the molecule is CN(C(=O)COc1ccc(S(=O)(=O)Cl)cc1Br)C1CC1. The van der Waals surface area contributed by atoms with Crippen molar-refractivity contribution in [3.05, 3.63) is 22.7 Å². The molecule has 0 aliphatic heterocycles. The normalized spacial score (nSPS) is 14.9. The van der Waals surface area contributed by atoms with Gasteiger partial charge in [0.15, 0.2) is 6.61 Å². The topological polar surface area (TPSA) is 63.7 Å². The van der Waals surface area contributed by atoms with E-state index < -0.39 is 9.05 Å². The third-order valence-electron chi connectivity index (χ3n) is 3.02. The van der Waals surface area contributed by atoms with Crippen LogP contribution < -0.4 is 4.74 Å². The first-order chi connectivity index (χ1) is 9.29. The van der Waals surface area contributed by atoms with Gasteiger partial charge in [0, 0.05) is 23.8 Å². The van der Waals surface area contributed by atoms with Crippen LogP contribution in [0.4, 0.5) is 0 Å². The molecule has 0 bridgehead atoms. The number of hydrogen-bond acceptors (Lipinski definition) is 4. The monoisotopic (exact) mass is 381 g/mol. The van der Waals surface area contributed by atoms with Crippen LogP contribution in [0, 0.1) is 0 Å². The second kappa shape index (κ2) is 5.91. The maximum Gasteiger partial charge on any atom is 0.261 e. The standard InChI is InChI=1S/C12H13BrClNO4S/c1-15(8-2-3-8)12(16)7-19-11-5-4-9(6-10(11)13)20(14,17)18/h4-6,8H,2-3,7H2,1H3. The molecule has 2 rings (SSSR count). The highest BCUT2D eigenvalue weighted by Crippen LogP contribution is 2.29. The van der Waals surface area contributed by atoms with Crippen molar-refractivity contribution < 1.29 is 17.9 Å². The van der Waals surface area contributed by atoms with Crippen LogP contribution in [0.2, 0.25) is 0 Å². The van der Waals surface area contributed by atoms with E-state index in [0.29, 0.717) is 16.3 Å². The highest BCUT2D eigenvalue weighted by molar-refractivity contribution is 9.10. The van der Waals surface area contributed by atoms with E-state index in [4.69, 9.17) is 15.4 Å². The van der Waals surface area contributed by atoms with Crippen LogP contribution in [-0.4, -0.2) is 38.9 Å².